The summed E-state index contributed by atoms with van der Waals surface area (Å²) in [5, 5.41) is 5.23. The van der Waals surface area contributed by atoms with Crippen LogP contribution in [-0.4, -0.2) is 11.5 Å². The zero-order chi connectivity index (χ0) is 12.4. The first kappa shape index (κ1) is 12.9. The molecular formula is C13H14ClIN2. The second-order valence-corrected chi connectivity index (χ2v) is 5.43. The Morgan fingerprint density at radius 2 is 2.06 bits per heavy atom. The summed E-state index contributed by atoms with van der Waals surface area (Å²) in [4.78, 5) is 4.67. The third-order valence-corrected chi connectivity index (χ3v) is 3.65. The van der Waals surface area contributed by atoms with Crippen molar-refractivity contribution in [3.05, 3.63) is 32.5 Å². The molecule has 0 saturated heterocycles. The molecule has 2 rings (SSSR count). The van der Waals surface area contributed by atoms with E-state index in [0.717, 1.165) is 43.8 Å². The monoisotopic (exact) mass is 360 g/mol. The molecule has 17 heavy (non-hydrogen) atoms. The van der Waals surface area contributed by atoms with E-state index in [1.165, 1.54) is 0 Å². The number of aryl methyl sites for hydroxylation is 1. The van der Waals surface area contributed by atoms with Gasteiger partial charge >= 0.3 is 0 Å². The van der Waals surface area contributed by atoms with Gasteiger partial charge in [-0.2, -0.15) is 0 Å². The molecule has 4 heteroatoms. The fourth-order valence-electron chi connectivity index (χ4n) is 1.82. The molecule has 0 fully saturated rings. The van der Waals surface area contributed by atoms with Crippen molar-refractivity contribution in [2.75, 3.05) is 11.9 Å². The van der Waals surface area contributed by atoms with Crippen LogP contribution >= 0.6 is 34.2 Å². The summed E-state index contributed by atoms with van der Waals surface area (Å²) < 4.78 is 1.10. The van der Waals surface area contributed by atoms with E-state index in [9.17, 15) is 0 Å². The third-order valence-electron chi connectivity index (χ3n) is 2.61. The van der Waals surface area contributed by atoms with Crippen LogP contribution in [0.25, 0.3) is 10.9 Å². The van der Waals surface area contributed by atoms with Crippen molar-refractivity contribution in [3.8, 4) is 0 Å². The minimum atomic E-state index is 0.757. The van der Waals surface area contributed by atoms with Crippen LogP contribution in [0.5, 0.6) is 0 Å². The van der Waals surface area contributed by atoms with E-state index in [2.05, 4.69) is 52.8 Å². The molecule has 0 amide bonds. The summed E-state index contributed by atoms with van der Waals surface area (Å²) in [6.45, 7) is 5.10. The van der Waals surface area contributed by atoms with Crippen molar-refractivity contribution in [2.24, 2.45) is 0 Å². The normalized spacial score (nSPS) is 10.8. The van der Waals surface area contributed by atoms with Crippen LogP contribution in [0.15, 0.2) is 18.2 Å². The Morgan fingerprint density at radius 1 is 1.29 bits per heavy atom. The predicted molar refractivity (Wildman–Crippen MR) is 83.0 cm³/mol. The highest BCUT2D eigenvalue weighted by Crippen LogP contribution is 2.30. The highest BCUT2D eigenvalue weighted by atomic mass is 127. The fourth-order valence-corrected chi connectivity index (χ4v) is 2.97. The first-order chi connectivity index (χ1) is 8.15. The Labute approximate surface area is 120 Å². The van der Waals surface area contributed by atoms with Crippen LogP contribution in [0.3, 0.4) is 0 Å². The number of fused-ring (bicyclic) bond motifs is 1. The molecule has 90 valence electrons. The topological polar surface area (TPSA) is 24.9 Å². The average Bonchev–Trinajstić information content (AvgIpc) is 2.30. The molecule has 0 saturated carbocycles. The maximum Gasteiger partial charge on any atom is 0.0860 e. The number of halogens is 2. The van der Waals surface area contributed by atoms with Gasteiger partial charge in [0.25, 0.3) is 0 Å². The number of nitrogens with zero attached hydrogens (tertiary/aromatic N) is 1. The minimum absolute atomic E-state index is 0.757. The summed E-state index contributed by atoms with van der Waals surface area (Å²) in [6, 6.07) is 6.04. The quantitative estimate of drug-likeness (QED) is 0.816. The van der Waals surface area contributed by atoms with Crippen LogP contribution in [-0.2, 0) is 6.42 Å². The molecule has 0 atom stereocenters. The largest absolute Gasteiger partial charge is 0.385 e. The third kappa shape index (κ3) is 2.65. The van der Waals surface area contributed by atoms with Gasteiger partial charge in [0, 0.05) is 31.9 Å². The molecule has 0 aliphatic heterocycles. The van der Waals surface area contributed by atoms with Gasteiger partial charge in [0.1, 0.15) is 0 Å². The van der Waals surface area contributed by atoms with Crippen LogP contribution in [0.1, 0.15) is 19.5 Å². The number of rotatable bonds is 3. The van der Waals surface area contributed by atoms with Gasteiger partial charge in [-0.15, -0.1) is 0 Å². The highest BCUT2D eigenvalue weighted by Gasteiger charge is 2.08. The van der Waals surface area contributed by atoms with Crippen molar-refractivity contribution >= 4 is 50.8 Å². The SMILES string of the molecule is CCNc1cc(CC)nc2c(I)cc(Cl)cc12. The van der Waals surface area contributed by atoms with E-state index in [-0.39, 0.29) is 0 Å². The zero-order valence-electron chi connectivity index (χ0n) is 9.85. The van der Waals surface area contributed by atoms with Gasteiger partial charge in [-0.25, -0.2) is 0 Å². The number of benzene rings is 1. The number of anilines is 1. The molecule has 0 aliphatic rings. The first-order valence-electron chi connectivity index (χ1n) is 5.68. The van der Waals surface area contributed by atoms with Crippen LogP contribution in [0.4, 0.5) is 5.69 Å². The predicted octanol–water partition coefficient (Wildman–Crippen LogP) is 4.49. The van der Waals surface area contributed by atoms with Crippen LogP contribution in [0.2, 0.25) is 5.02 Å². The van der Waals surface area contributed by atoms with E-state index in [1.807, 2.05) is 12.1 Å². The van der Waals surface area contributed by atoms with Crippen LogP contribution in [0, 0.1) is 3.57 Å². The zero-order valence-corrected chi connectivity index (χ0v) is 12.8. The number of hydrogen-bond acceptors (Lipinski definition) is 2. The van der Waals surface area contributed by atoms with Gasteiger partial charge in [-0.05, 0) is 54.1 Å². The molecule has 0 bridgehead atoms. The van der Waals surface area contributed by atoms with Gasteiger partial charge in [-0.1, -0.05) is 18.5 Å². The Bertz CT molecular complexity index is 555. The molecule has 0 unspecified atom stereocenters. The molecule has 2 nitrogen and oxygen atoms in total. The van der Waals surface area contributed by atoms with E-state index < -0.39 is 0 Å². The molecular weight excluding hydrogens is 347 g/mol. The van der Waals surface area contributed by atoms with Crippen molar-refractivity contribution in [1.29, 1.82) is 0 Å². The second-order valence-electron chi connectivity index (χ2n) is 3.83. The lowest BCUT2D eigenvalue weighted by Gasteiger charge is -2.11. The molecule has 1 aromatic heterocycles. The fraction of sp³-hybridized carbons (Fsp3) is 0.308. The lowest BCUT2D eigenvalue weighted by atomic mass is 10.1. The van der Waals surface area contributed by atoms with Crippen molar-refractivity contribution in [1.82, 2.24) is 4.98 Å². The van der Waals surface area contributed by atoms with Crippen molar-refractivity contribution in [3.63, 3.8) is 0 Å². The Balaban J connectivity index is 2.76. The Kier molecular flexibility index (Phi) is 4.09. The lowest BCUT2D eigenvalue weighted by Crippen LogP contribution is -2.01. The van der Waals surface area contributed by atoms with Crippen molar-refractivity contribution < 1.29 is 0 Å². The van der Waals surface area contributed by atoms with Gasteiger partial charge in [-0.3, -0.25) is 4.98 Å². The van der Waals surface area contributed by atoms with Gasteiger partial charge in [0.15, 0.2) is 0 Å². The molecule has 2 aromatic rings. The van der Waals surface area contributed by atoms with E-state index >= 15 is 0 Å². The summed E-state index contributed by atoms with van der Waals surface area (Å²) >= 11 is 8.40. The van der Waals surface area contributed by atoms with Crippen molar-refractivity contribution in [2.45, 2.75) is 20.3 Å². The van der Waals surface area contributed by atoms with E-state index in [0.29, 0.717) is 0 Å². The summed E-state index contributed by atoms with van der Waals surface area (Å²) in [7, 11) is 0. The summed E-state index contributed by atoms with van der Waals surface area (Å²) in [5.41, 5.74) is 3.26. The van der Waals surface area contributed by atoms with Crippen LogP contribution < -0.4 is 5.32 Å². The molecule has 1 N–H and O–H groups in total. The number of pyridine rings is 1. The smallest absolute Gasteiger partial charge is 0.0860 e. The molecule has 0 radical (unpaired) electrons. The highest BCUT2D eigenvalue weighted by molar-refractivity contribution is 14.1. The van der Waals surface area contributed by atoms with Gasteiger partial charge in [0.05, 0.1) is 5.52 Å². The minimum Gasteiger partial charge on any atom is -0.385 e. The maximum absolute atomic E-state index is 6.11. The number of nitrogens with one attached hydrogen (secondary N) is 1. The van der Waals surface area contributed by atoms with Gasteiger partial charge < -0.3 is 5.32 Å². The Hall–Kier alpha value is -0.550. The second kappa shape index (κ2) is 5.40. The standard InChI is InChI=1S/C13H14ClIN2/c1-3-9-7-12(16-4-2)10-5-8(14)6-11(15)13(10)17-9/h5-7H,3-4H2,1-2H3,(H,16,17). The summed E-state index contributed by atoms with van der Waals surface area (Å²) in [5.74, 6) is 0. The Morgan fingerprint density at radius 3 is 2.71 bits per heavy atom. The molecule has 0 spiro atoms. The number of aromatic nitrogens is 1. The average molecular weight is 361 g/mol. The summed E-state index contributed by atoms with van der Waals surface area (Å²) in [6.07, 6.45) is 0.938. The lowest BCUT2D eigenvalue weighted by molar-refractivity contribution is 1.05. The number of hydrogen-bond donors (Lipinski definition) is 1. The molecule has 1 aromatic carbocycles. The maximum atomic E-state index is 6.11. The van der Waals surface area contributed by atoms with Gasteiger partial charge in [0.2, 0.25) is 0 Å². The molecule has 0 aliphatic carbocycles. The first-order valence-corrected chi connectivity index (χ1v) is 7.14. The van der Waals surface area contributed by atoms with E-state index in [1.54, 1.807) is 0 Å². The van der Waals surface area contributed by atoms with E-state index in [4.69, 9.17) is 11.6 Å². The molecule has 1 heterocycles.